The molecule has 0 saturated carbocycles. The van der Waals surface area contributed by atoms with Gasteiger partial charge in [-0.1, -0.05) is 138 Å². The summed E-state index contributed by atoms with van der Waals surface area (Å²) in [4.78, 5) is 34.9. The third-order valence-corrected chi connectivity index (χ3v) is 9.45. The lowest BCUT2D eigenvalue weighted by atomic mass is 10.1. The molecule has 0 aromatic rings. The summed E-state index contributed by atoms with van der Waals surface area (Å²) >= 11 is 0. The Labute approximate surface area is 338 Å². The van der Waals surface area contributed by atoms with E-state index in [2.05, 4.69) is 47.9 Å². The Balaban J connectivity index is 4.46. The predicted molar refractivity (Wildman–Crippen MR) is 225 cm³/mol. The highest BCUT2D eigenvalue weighted by Gasteiger charge is 2.27. The number of unbranched alkanes of at least 4 members (excludes halogenated alkanes) is 12. The fraction of sp³-hybridized carbons (Fsp3) is 0.682. The van der Waals surface area contributed by atoms with Crippen molar-refractivity contribution in [2.75, 3.05) is 26.4 Å². The molecule has 0 fully saturated rings. The first-order valence-electron chi connectivity index (χ1n) is 21.0. The molecule has 4 atom stereocenters. The highest BCUT2D eigenvalue weighted by atomic mass is 31.2. The molecular weight excluding hydrogens is 735 g/mol. The summed E-state index contributed by atoms with van der Waals surface area (Å²) in [6, 6.07) is 0. The molecule has 1 unspecified atom stereocenters. The van der Waals surface area contributed by atoms with Crippen molar-refractivity contribution in [3.05, 3.63) is 72.9 Å². The zero-order valence-corrected chi connectivity index (χ0v) is 35.3. The number of phosphoric ester groups is 1. The summed E-state index contributed by atoms with van der Waals surface area (Å²) in [5.41, 5.74) is 0. The molecular formula is C44H75O11P. The van der Waals surface area contributed by atoms with E-state index in [9.17, 15) is 29.3 Å². The Morgan fingerprint density at radius 1 is 0.607 bits per heavy atom. The van der Waals surface area contributed by atoms with Crippen molar-refractivity contribution in [2.24, 2.45) is 0 Å². The molecule has 0 heterocycles. The number of carbonyl (C=O) groups excluding carboxylic acids is 2. The van der Waals surface area contributed by atoms with E-state index in [1.165, 1.54) is 38.5 Å². The summed E-state index contributed by atoms with van der Waals surface area (Å²) in [5.74, 6) is -1.03. The number of hydrogen-bond acceptors (Lipinski definition) is 10. The van der Waals surface area contributed by atoms with Gasteiger partial charge in [0.1, 0.15) is 12.7 Å². The topological polar surface area (TPSA) is 169 Å². The number of aliphatic hydroxyl groups is 3. The van der Waals surface area contributed by atoms with Crippen molar-refractivity contribution >= 4 is 19.8 Å². The SMILES string of the molecule is CCCCCCCC/C=C\CCCCCCCC(=O)OC[C@H](COP(=O)(O)OC[C@@H](O)CO)OC(=O)CCC/C=C\C/C=C\C/C=C\C/C=C\C=C\[C@H](O)CC. The number of phosphoric acid groups is 1. The number of ether oxygens (including phenoxy) is 2. The van der Waals surface area contributed by atoms with E-state index in [0.717, 1.165) is 57.8 Å². The smallest absolute Gasteiger partial charge is 0.462 e. The number of allylic oxidation sites excluding steroid dienone is 11. The van der Waals surface area contributed by atoms with Crippen molar-refractivity contribution in [1.82, 2.24) is 0 Å². The summed E-state index contributed by atoms with van der Waals surface area (Å²) < 4.78 is 32.6. The van der Waals surface area contributed by atoms with Gasteiger partial charge in [-0.25, -0.2) is 4.57 Å². The normalized spacial score (nSPS) is 15.2. The minimum atomic E-state index is -4.65. The zero-order valence-electron chi connectivity index (χ0n) is 34.4. The van der Waals surface area contributed by atoms with Crippen LogP contribution in [0.4, 0.5) is 0 Å². The van der Waals surface area contributed by atoms with Crippen LogP contribution in [0.25, 0.3) is 0 Å². The number of esters is 2. The van der Waals surface area contributed by atoms with Gasteiger partial charge in [-0.3, -0.25) is 18.6 Å². The van der Waals surface area contributed by atoms with Gasteiger partial charge in [0.2, 0.25) is 0 Å². The van der Waals surface area contributed by atoms with Gasteiger partial charge in [0.25, 0.3) is 0 Å². The lowest BCUT2D eigenvalue weighted by Crippen LogP contribution is -2.29. The standard InChI is InChI=1S/C44H75O11P/c1-3-5-6-7-8-9-10-11-12-16-19-22-25-28-31-34-43(48)52-38-42(39-54-56(50,51)53-37-41(47)36-45)55-44(49)35-32-29-26-23-20-17-14-13-15-18-21-24-27-30-33-40(46)4-2/h11-12,14-15,17-18,23-24,26-27,30,33,40-42,45-47H,3-10,13,16,19-22,25,28-29,31-32,34-39H2,1-2H3,(H,50,51)/b12-11-,17-14-,18-15-,26-23-,27-24-,33-30+/t40-,41+,42-/m1/s1. The largest absolute Gasteiger partial charge is 0.472 e. The van der Waals surface area contributed by atoms with Gasteiger partial charge in [0, 0.05) is 12.8 Å². The van der Waals surface area contributed by atoms with Gasteiger partial charge in [-0.15, -0.1) is 0 Å². The first-order valence-corrected chi connectivity index (χ1v) is 22.5. The molecule has 4 N–H and O–H groups in total. The van der Waals surface area contributed by atoms with E-state index < -0.39 is 57.9 Å². The van der Waals surface area contributed by atoms with E-state index >= 15 is 0 Å². The Kier molecular flexibility index (Phi) is 37.4. The van der Waals surface area contributed by atoms with Crippen molar-refractivity contribution in [3.8, 4) is 0 Å². The van der Waals surface area contributed by atoms with E-state index in [1.54, 1.807) is 6.08 Å². The van der Waals surface area contributed by atoms with E-state index in [-0.39, 0.29) is 19.4 Å². The van der Waals surface area contributed by atoms with Crippen molar-refractivity contribution in [2.45, 2.75) is 167 Å². The van der Waals surface area contributed by atoms with E-state index in [4.69, 9.17) is 19.1 Å². The monoisotopic (exact) mass is 811 g/mol. The highest BCUT2D eigenvalue weighted by molar-refractivity contribution is 7.47. The average molecular weight is 811 g/mol. The highest BCUT2D eigenvalue weighted by Crippen LogP contribution is 2.43. The summed E-state index contributed by atoms with van der Waals surface area (Å²) in [6.07, 6.45) is 41.1. The molecule has 0 radical (unpaired) electrons. The maximum Gasteiger partial charge on any atom is 0.472 e. The Morgan fingerprint density at radius 2 is 1.12 bits per heavy atom. The number of rotatable bonds is 38. The second kappa shape index (κ2) is 39.2. The zero-order chi connectivity index (χ0) is 41.4. The maximum atomic E-state index is 12.6. The second-order valence-electron chi connectivity index (χ2n) is 13.8. The van der Waals surface area contributed by atoms with E-state index in [0.29, 0.717) is 25.7 Å². The van der Waals surface area contributed by atoms with Gasteiger partial charge in [-0.2, -0.15) is 0 Å². The Morgan fingerprint density at radius 3 is 1.75 bits per heavy atom. The van der Waals surface area contributed by atoms with Crippen LogP contribution in [0, 0.1) is 0 Å². The number of carbonyl (C=O) groups is 2. The fourth-order valence-corrected chi connectivity index (χ4v) is 5.88. The lowest BCUT2D eigenvalue weighted by Gasteiger charge is -2.20. The Bertz CT molecular complexity index is 1180. The lowest BCUT2D eigenvalue weighted by molar-refractivity contribution is -0.161. The summed E-state index contributed by atoms with van der Waals surface area (Å²) in [7, 11) is -4.65. The average Bonchev–Trinajstić information content (AvgIpc) is 3.19. The summed E-state index contributed by atoms with van der Waals surface area (Å²) in [5, 5.41) is 27.8. The maximum absolute atomic E-state index is 12.6. The van der Waals surface area contributed by atoms with Crippen LogP contribution in [0.2, 0.25) is 0 Å². The molecule has 56 heavy (non-hydrogen) atoms. The van der Waals surface area contributed by atoms with Gasteiger partial charge in [-0.05, 0) is 70.6 Å². The van der Waals surface area contributed by atoms with Crippen LogP contribution in [-0.4, -0.2) is 76.9 Å². The van der Waals surface area contributed by atoms with E-state index in [1.807, 2.05) is 37.3 Å². The molecule has 0 spiro atoms. The molecule has 0 rings (SSSR count). The molecule has 12 heteroatoms. The molecule has 0 aliphatic rings. The third-order valence-electron chi connectivity index (χ3n) is 8.50. The molecule has 0 aliphatic heterocycles. The molecule has 322 valence electrons. The fourth-order valence-electron chi connectivity index (χ4n) is 5.09. The minimum absolute atomic E-state index is 0.0870. The number of hydrogen-bond donors (Lipinski definition) is 4. The molecule has 0 saturated heterocycles. The van der Waals surface area contributed by atoms with Crippen LogP contribution in [-0.2, 0) is 32.7 Å². The third kappa shape index (κ3) is 38.3. The first-order chi connectivity index (χ1) is 27.1. The molecule has 0 aliphatic carbocycles. The number of aliphatic hydroxyl groups excluding tert-OH is 3. The summed E-state index contributed by atoms with van der Waals surface area (Å²) in [6.45, 7) is 1.94. The van der Waals surface area contributed by atoms with Crippen LogP contribution < -0.4 is 0 Å². The van der Waals surface area contributed by atoms with Gasteiger partial charge in [0.05, 0.1) is 25.9 Å². The van der Waals surface area contributed by atoms with Crippen molar-refractivity contribution < 1.29 is 52.9 Å². The molecule has 0 aromatic carbocycles. The van der Waals surface area contributed by atoms with Gasteiger partial charge >= 0.3 is 19.8 Å². The van der Waals surface area contributed by atoms with Crippen molar-refractivity contribution in [1.29, 1.82) is 0 Å². The quantitative estimate of drug-likeness (QED) is 0.0154. The predicted octanol–water partition coefficient (Wildman–Crippen LogP) is 9.86. The van der Waals surface area contributed by atoms with Gasteiger partial charge < -0.3 is 29.7 Å². The van der Waals surface area contributed by atoms with Crippen LogP contribution >= 0.6 is 7.82 Å². The second-order valence-corrected chi connectivity index (χ2v) is 15.3. The van der Waals surface area contributed by atoms with Crippen LogP contribution in [0.3, 0.4) is 0 Å². The molecule has 11 nitrogen and oxygen atoms in total. The first kappa shape index (κ1) is 53.4. The Hall–Kier alpha value is -2.63. The van der Waals surface area contributed by atoms with Gasteiger partial charge in [0.15, 0.2) is 6.10 Å². The van der Waals surface area contributed by atoms with Crippen LogP contribution in [0.1, 0.15) is 149 Å². The van der Waals surface area contributed by atoms with Crippen molar-refractivity contribution in [3.63, 3.8) is 0 Å². The van der Waals surface area contributed by atoms with Crippen LogP contribution in [0.15, 0.2) is 72.9 Å². The molecule has 0 aromatic heterocycles. The molecule has 0 bridgehead atoms. The van der Waals surface area contributed by atoms with Crippen LogP contribution in [0.5, 0.6) is 0 Å². The molecule has 0 amide bonds. The minimum Gasteiger partial charge on any atom is -0.462 e.